The van der Waals surface area contributed by atoms with E-state index in [1.807, 2.05) is 12.1 Å². The van der Waals surface area contributed by atoms with Crippen molar-refractivity contribution in [1.82, 2.24) is 19.3 Å². The second-order valence-corrected chi connectivity index (χ2v) is 7.88. The maximum Gasteiger partial charge on any atom is 0.241 e. The van der Waals surface area contributed by atoms with E-state index in [1.54, 1.807) is 12.1 Å². The van der Waals surface area contributed by atoms with E-state index in [9.17, 15) is 8.42 Å². The number of rotatable bonds is 4. The standard InChI is InChI=1S/C14H17ClN4O3S/c1-23(20,21)19-8-6-18(7-9-19)10-13-16-14(17-22-13)11-2-4-12(15)5-3-11/h2-5H,6-10H2,1H3. The summed E-state index contributed by atoms with van der Waals surface area (Å²) in [6.07, 6.45) is 1.24. The fourth-order valence-corrected chi connectivity index (χ4v) is 3.40. The molecule has 7 nitrogen and oxygen atoms in total. The zero-order valence-corrected chi connectivity index (χ0v) is 14.2. The van der Waals surface area contributed by atoms with Crippen LogP contribution in [0.2, 0.25) is 5.02 Å². The molecule has 1 aromatic carbocycles. The highest BCUT2D eigenvalue weighted by molar-refractivity contribution is 7.88. The molecular weight excluding hydrogens is 340 g/mol. The first-order valence-corrected chi connectivity index (χ1v) is 9.40. The van der Waals surface area contributed by atoms with Gasteiger partial charge in [-0.15, -0.1) is 0 Å². The monoisotopic (exact) mass is 356 g/mol. The minimum Gasteiger partial charge on any atom is -0.338 e. The van der Waals surface area contributed by atoms with Gasteiger partial charge in [0, 0.05) is 36.8 Å². The third kappa shape index (κ3) is 4.08. The molecule has 2 aromatic rings. The molecule has 0 N–H and O–H groups in total. The van der Waals surface area contributed by atoms with Crippen LogP contribution in [0.5, 0.6) is 0 Å². The zero-order chi connectivity index (χ0) is 16.4. The van der Waals surface area contributed by atoms with Gasteiger partial charge >= 0.3 is 0 Å². The van der Waals surface area contributed by atoms with Crippen molar-refractivity contribution in [3.05, 3.63) is 35.2 Å². The van der Waals surface area contributed by atoms with Crippen molar-refractivity contribution in [3.63, 3.8) is 0 Å². The van der Waals surface area contributed by atoms with E-state index < -0.39 is 10.0 Å². The Labute approximate surface area is 139 Å². The summed E-state index contributed by atoms with van der Waals surface area (Å²) >= 11 is 5.86. The largest absolute Gasteiger partial charge is 0.338 e. The Balaban J connectivity index is 1.61. The molecule has 23 heavy (non-hydrogen) atoms. The number of piperazine rings is 1. The van der Waals surface area contributed by atoms with Crippen molar-refractivity contribution in [1.29, 1.82) is 0 Å². The van der Waals surface area contributed by atoms with Gasteiger partial charge in [-0.05, 0) is 24.3 Å². The van der Waals surface area contributed by atoms with E-state index in [2.05, 4.69) is 15.0 Å². The molecule has 0 saturated carbocycles. The molecule has 3 rings (SSSR count). The molecule has 0 spiro atoms. The molecule has 0 radical (unpaired) electrons. The lowest BCUT2D eigenvalue weighted by atomic mass is 10.2. The van der Waals surface area contributed by atoms with Gasteiger partial charge in [0.25, 0.3) is 0 Å². The van der Waals surface area contributed by atoms with Gasteiger partial charge in [-0.2, -0.15) is 9.29 Å². The van der Waals surface area contributed by atoms with Crippen LogP contribution in [-0.2, 0) is 16.6 Å². The van der Waals surface area contributed by atoms with Crippen LogP contribution in [0.1, 0.15) is 5.89 Å². The number of hydrogen-bond acceptors (Lipinski definition) is 6. The quantitative estimate of drug-likeness (QED) is 0.825. The lowest BCUT2D eigenvalue weighted by Gasteiger charge is -2.32. The third-order valence-electron chi connectivity index (χ3n) is 3.73. The van der Waals surface area contributed by atoms with Gasteiger partial charge in [-0.1, -0.05) is 16.8 Å². The summed E-state index contributed by atoms with van der Waals surface area (Å²) in [5.74, 6) is 1.04. The SMILES string of the molecule is CS(=O)(=O)N1CCN(Cc2nc(-c3ccc(Cl)cc3)no2)CC1. The molecule has 0 amide bonds. The molecule has 2 heterocycles. The van der Waals surface area contributed by atoms with Gasteiger partial charge in [0.2, 0.25) is 21.7 Å². The lowest BCUT2D eigenvalue weighted by molar-refractivity contribution is 0.164. The van der Waals surface area contributed by atoms with E-state index >= 15 is 0 Å². The molecule has 0 aliphatic carbocycles. The highest BCUT2D eigenvalue weighted by atomic mass is 35.5. The number of halogens is 1. The molecule has 9 heteroatoms. The topological polar surface area (TPSA) is 79.5 Å². The maximum absolute atomic E-state index is 11.5. The first-order valence-electron chi connectivity index (χ1n) is 7.18. The van der Waals surface area contributed by atoms with Crippen LogP contribution in [0, 0.1) is 0 Å². The Morgan fingerprint density at radius 1 is 1.17 bits per heavy atom. The Hall–Kier alpha value is -1.48. The summed E-state index contributed by atoms with van der Waals surface area (Å²) in [6.45, 7) is 2.77. The second kappa shape index (κ2) is 6.56. The highest BCUT2D eigenvalue weighted by Crippen LogP contribution is 2.19. The maximum atomic E-state index is 11.5. The minimum atomic E-state index is -3.11. The fraction of sp³-hybridized carbons (Fsp3) is 0.429. The van der Waals surface area contributed by atoms with Crippen LogP contribution in [-0.4, -0.2) is 60.2 Å². The normalized spacial score (nSPS) is 17.5. The first-order chi connectivity index (χ1) is 10.9. The first kappa shape index (κ1) is 16.4. The molecule has 1 aliphatic rings. The number of sulfonamides is 1. The molecule has 1 saturated heterocycles. The number of hydrogen-bond donors (Lipinski definition) is 0. The van der Waals surface area contributed by atoms with E-state index in [0.717, 1.165) is 5.56 Å². The van der Waals surface area contributed by atoms with E-state index in [0.29, 0.717) is 49.5 Å². The molecule has 1 aromatic heterocycles. The molecule has 1 fully saturated rings. The van der Waals surface area contributed by atoms with Crippen molar-refractivity contribution in [3.8, 4) is 11.4 Å². The molecular formula is C14H17ClN4O3S. The summed E-state index contributed by atoms with van der Waals surface area (Å²) in [7, 11) is -3.11. The van der Waals surface area contributed by atoms with E-state index in [1.165, 1.54) is 10.6 Å². The highest BCUT2D eigenvalue weighted by Gasteiger charge is 2.24. The van der Waals surface area contributed by atoms with Crippen LogP contribution in [0.4, 0.5) is 0 Å². The van der Waals surface area contributed by atoms with E-state index in [-0.39, 0.29) is 0 Å². The van der Waals surface area contributed by atoms with Crippen LogP contribution >= 0.6 is 11.6 Å². The second-order valence-electron chi connectivity index (χ2n) is 5.46. The van der Waals surface area contributed by atoms with Crippen molar-refractivity contribution in [2.24, 2.45) is 0 Å². The predicted octanol–water partition coefficient (Wildman–Crippen LogP) is 1.47. The number of nitrogens with zero attached hydrogens (tertiary/aromatic N) is 4. The predicted molar refractivity (Wildman–Crippen MR) is 86.4 cm³/mol. The van der Waals surface area contributed by atoms with Crippen LogP contribution in [0.15, 0.2) is 28.8 Å². The summed E-state index contributed by atoms with van der Waals surface area (Å²) in [6, 6.07) is 7.22. The smallest absolute Gasteiger partial charge is 0.241 e. The van der Waals surface area contributed by atoms with Crippen molar-refractivity contribution in [2.45, 2.75) is 6.54 Å². The van der Waals surface area contributed by atoms with E-state index in [4.69, 9.17) is 16.1 Å². The van der Waals surface area contributed by atoms with Crippen molar-refractivity contribution in [2.75, 3.05) is 32.4 Å². The summed E-state index contributed by atoms with van der Waals surface area (Å²) in [5.41, 5.74) is 0.839. The van der Waals surface area contributed by atoms with Gasteiger partial charge < -0.3 is 4.52 Å². The molecule has 0 bridgehead atoms. The van der Waals surface area contributed by atoms with Crippen LogP contribution < -0.4 is 0 Å². The van der Waals surface area contributed by atoms with Gasteiger partial charge in [-0.3, -0.25) is 4.90 Å². The van der Waals surface area contributed by atoms with Crippen LogP contribution in [0.3, 0.4) is 0 Å². The van der Waals surface area contributed by atoms with Crippen molar-refractivity contribution >= 4 is 21.6 Å². The summed E-state index contributed by atoms with van der Waals surface area (Å²) in [5, 5.41) is 4.63. The number of benzene rings is 1. The average Bonchev–Trinajstić information content (AvgIpc) is 2.96. The molecule has 0 atom stereocenters. The van der Waals surface area contributed by atoms with Gasteiger partial charge in [-0.25, -0.2) is 8.42 Å². The van der Waals surface area contributed by atoms with Crippen LogP contribution in [0.25, 0.3) is 11.4 Å². The average molecular weight is 357 g/mol. The zero-order valence-electron chi connectivity index (χ0n) is 12.6. The third-order valence-corrected chi connectivity index (χ3v) is 5.28. The fourth-order valence-electron chi connectivity index (χ4n) is 2.45. The summed E-state index contributed by atoms with van der Waals surface area (Å²) in [4.78, 5) is 6.48. The van der Waals surface area contributed by atoms with Crippen molar-refractivity contribution < 1.29 is 12.9 Å². The molecule has 0 unspecified atom stereocenters. The Kier molecular flexibility index (Phi) is 4.67. The number of aromatic nitrogens is 2. The summed E-state index contributed by atoms with van der Waals surface area (Å²) < 4.78 is 29.7. The van der Waals surface area contributed by atoms with Gasteiger partial charge in [0.05, 0.1) is 12.8 Å². The Morgan fingerprint density at radius 2 is 1.83 bits per heavy atom. The molecule has 124 valence electrons. The molecule has 1 aliphatic heterocycles. The lowest BCUT2D eigenvalue weighted by Crippen LogP contribution is -2.47. The van der Waals surface area contributed by atoms with Gasteiger partial charge in [0.1, 0.15) is 0 Å². The van der Waals surface area contributed by atoms with Gasteiger partial charge in [0.15, 0.2) is 0 Å². The Bertz CT molecular complexity index is 768. The Morgan fingerprint density at radius 3 is 2.43 bits per heavy atom. The minimum absolute atomic E-state index is 0.483.